The highest BCUT2D eigenvalue weighted by molar-refractivity contribution is 6.06. The van der Waals surface area contributed by atoms with Gasteiger partial charge in [-0.05, 0) is 43.5 Å². The summed E-state index contributed by atoms with van der Waals surface area (Å²) in [5.41, 5.74) is 3.73. The van der Waals surface area contributed by atoms with Crippen molar-refractivity contribution < 1.29 is 18.0 Å². The second-order valence-electron chi connectivity index (χ2n) is 8.78. The number of benzene rings is 1. The van der Waals surface area contributed by atoms with Crippen molar-refractivity contribution in [2.75, 3.05) is 0 Å². The van der Waals surface area contributed by atoms with Crippen LogP contribution in [0.1, 0.15) is 40.5 Å². The number of halogens is 3. The number of carbonyl (C=O) groups excluding carboxylic acids is 1. The summed E-state index contributed by atoms with van der Waals surface area (Å²) in [5.74, 6) is -4.03. The number of pyridine rings is 1. The second kappa shape index (κ2) is 6.94. The molecule has 0 radical (unpaired) electrons. The Labute approximate surface area is 187 Å². The Morgan fingerprint density at radius 1 is 1.12 bits per heavy atom. The quantitative estimate of drug-likeness (QED) is 0.427. The molecule has 3 aromatic heterocycles. The first-order valence-corrected chi connectivity index (χ1v) is 10.8. The first kappa shape index (κ1) is 20.0. The van der Waals surface area contributed by atoms with Crippen molar-refractivity contribution in [2.24, 2.45) is 14.1 Å². The highest BCUT2D eigenvalue weighted by Gasteiger charge is 2.46. The normalized spacial score (nSPS) is 19.4. The summed E-state index contributed by atoms with van der Waals surface area (Å²) < 4.78 is 44.8. The first-order valence-electron chi connectivity index (χ1n) is 10.8. The number of hydrogen-bond acceptors (Lipinski definition) is 3. The maximum absolute atomic E-state index is 13.9. The van der Waals surface area contributed by atoms with Gasteiger partial charge in [-0.15, -0.1) is 0 Å². The van der Waals surface area contributed by atoms with Crippen LogP contribution in [0.2, 0.25) is 0 Å². The van der Waals surface area contributed by atoms with Gasteiger partial charge in [0.25, 0.3) is 5.91 Å². The van der Waals surface area contributed by atoms with Gasteiger partial charge in [-0.2, -0.15) is 5.10 Å². The summed E-state index contributed by atoms with van der Waals surface area (Å²) in [6.45, 7) is 0. The van der Waals surface area contributed by atoms with Gasteiger partial charge in [0, 0.05) is 49.0 Å². The topological polar surface area (TPSA) is 56.0 Å². The molecule has 0 N–H and O–H groups in total. The van der Waals surface area contributed by atoms with Gasteiger partial charge >= 0.3 is 0 Å². The smallest absolute Gasteiger partial charge is 0.256 e. The van der Waals surface area contributed by atoms with Crippen LogP contribution >= 0.6 is 0 Å². The van der Waals surface area contributed by atoms with Crippen LogP contribution in [0, 0.1) is 17.5 Å². The summed E-state index contributed by atoms with van der Waals surface area (Å²) >= 11 is 0. The van der Waals surface area contributed by atoms with Crippen molar-refractivity contribution in [2.45, 2.75) is 31.3 Å². The van der Waals surface area contributed by atoms with Crippen molar-refractivity contribution in [3.8, 4) is 11.3 Å². The molecule has 6 rings (SSSR count). The number of aromatic nitrogens is 4. The summed E-state index contributed by atoms with van der Waals surface area (Å²) in [5, 5.41) is 5.45. The molecule has 0 aliphatic carbocycles. The molecule has 1 amide bonds. The van der Waals surface area contributed by atoms with E-state index in [1.807, 2.05) is 34.8 Å². The number of aryl methyl sites for hydroxylation is 2. The van der Waals surface area contributed by atoms with Crippen LogP contribution in [0.3, 0.4) is 0 Å². The molecule has 2 atom stereocenters. The van der Waals surface area contributed by atoms with Gasteiger partial charge in [-0.1, -0.05) is 0 Å². The minimum absolute atomic E-state index is 0.0555. The maximum Gasteiger partial charge on any atom is 0.256 e. The number of amides is 1. The predicted octanol–water partition coefficient (Wildman–Crippen LogP) is 4.29. The Balaban J connectivity index is 1.43. The van der Waals surface area contributed by atoms with E-state index < -0.39 is 17.5 Å². The number of rotatable bonds is 2. The Bertz CT molecular complexity index is 1430. The fourth-order valence-corrected chi connectivity index (χ4v) is 5.53. The van der Waals surface area contributed by atoms with E-state index in [1.165, 1.54) is 0 Å². The monoisotopic (exact) mass is 451 g/mol. The van der Waals surface area contributed by atoms with Gasteiger partial charge in [0.15, 0.2) is 17.5 Å². The molecular formula is C24H20F3N5O. The largest absolute Gasteiger partial charge is 0.335 e. The van der Waals surface area contributed by atoms with Crippen molar-refractivity contribution in [3.63, 3.8) is 0 Å². The lowest BCUT2D eigenvalue weighted by atomic mass is 9.94. The number of hydrogen-bond donors (Lipinski definition) is 0. The predicted molar refractivity (Wildman–Crippen MR) is 115 cm³/mol. The fourth-order valence-electron chi connectivity index (χ4n) is 5.53. The molecule has 1 fully saturated rings. The van der Waals surface area contributed by atoms with E-state index in [-0.39, 0.29) is 23.6 Å². The second-order valence-corrected chi connectivity index (χ2v) is 8.78. The molecule has 33 heavy (non-hydrogen) atoms. The lowest BCUT2D eigenvalue weighted by Crippen LogP contribution is -2.41. The van der Waals surface area contributed by atoms with E-state index >= 15 is 0 Å². The Kier molecular flexibility index (Phi) is 4.21. The molecule has 5 heterocycles. The zero-order chi connectivity index (χ0) is 23.0. The highest BCUT2D eigenvalue weighted by Crippen LogP contribution is 2.47. The molecule has 4 aromatic rings. The van der Waals surface area contributed by atoms with Crippen molar-refractivity contribution in [3.05, 3.63) is 70.9 Å². The van der Waals surface area contributed by atoms with Crippen LogP contribution < -0.4 is 0 Å². The fraction of sp³-hybridized carbons (Fsp3) is 0.292. The molecule has 2 aliphatic heterocycles. The summed E-state index contributed by atoms with van der Waals surface area (Å²) in [4.78, 5) is 20.0. The van der Waals surface area contributed by atoms with Gasteiger partial charge in [0.1, 0.15) is 5.65 Å². The molecular weight excluding hydrogens is 431 g/mol. The van der Waals surface area contributed by atoms with Crippen molar-refractivity contribution >= 4 is 16.9 Å². The minimum Gasteiger partial charge on any atom is -0.335 e. The Morgan fingerprint density at radius 3 is 2.64 bits per heavy atom. The van der Waals surface area contributed by atoms with Gasteiger partial charge in [0.2, 0.25) is 0 Å². The average Bonchev–Trinajstić information content (AvgIpc) is 3.43. The van der Waals surface area contributed by atoms with E-state index in [4.69, 9.17) is 0 Å². The van der Waals surface area contributed by atoms with E-state index in [0.717, 1.165) is 47.3 Å². The molecule has 0 unspecified atom stereocenters. The lowest BCUT2D eigenvalue weighted by molar-refractivity contribution is 0.0644. The van der Waals surface area contributed by atoms with Gasteiger partial charge in [-0.25, -0.2) is 18.2 Å². The molecule has 9 heteroatoms. The molecule has 0 saturated carbocycles. The SMILES string of the molecule is Cn1nc2c(c1-c1cc(F)c(F)c(F)c1)C[C@@H]1CC[C@H]2N1C(=O)c1cn(C)c2ncccc12. The molecule has 6 nitrogen and oxygen atoms in total. The van der Waals surface area contributed by atoms with E-state index in [9.17, 15) is 18.0 Å². The third-order valence-electron chi connectivity index (χ3n) is 6.89. The molecule has 2 aliphatic rings. The third kappa shape index (κ3) is 2.77. The van der Waals surface area contributed by atoms with Crippen LogP contribution in [0.15, 0.2) is 36.7 Å². The Hall–Kier alpha value is -3.62. The van der Waals surface area contributed by atoms with E-state index in [2.05, 4.69) is 10.1 Å². The zero-order valence-corrected chi connectivity index (χ0v) is 18.0. The van der Waals surface area contributed by atoms with Gasteiger partial charge < -0.3 is 9.47 Å². The van der Waals surface area contributed by atoms with Crippen molar-refractivity contribution in [1.29, 1.82) is 0 Å². The van der Waals surface area contributed by atoms with Gasteiger partial charge in [-0.3, -0.25) is 9.48 Å². The highest BCUT2D eigenvalue weighted by atomic mass is 19.2. The van der Waals surface area contributed by atoms with Crippen LogP contribution in [-0.4, -0.2) is 36.2 Å². The summed E-state index contributed by atoms with van der Waals surface area (Å²) in [6, 6.07) is 5.42. The molecule has 2 bridgehead atoms. The van der Waals surface area contributed by atoms with Crippen LogP contribution in [0.25, 0.3) is 22.3 Å². The molecule has 168 valence electrons. The molecule has 0 spiro atoms. The van der Waals surface area contributed by atoms with E-state index in [0.29, 0.717) is 17.7 Å². The van der Waals surface area contributed by atoms with Crippen LogP contribution in [0.4, 0.5) is 13.2 Å². The van der Waals surface area contributed by atoms with Crippen LogP contribution in [0.5, 0.6) is 0 Å². The minimum atomic E-state index is -1.49. The Morgan fingerprint density at radius 2 is 1.88 bits per heavy atom. The summed E-state index contributed by atoms with van der Waals surface area (Å²) in [6.07, 6.45) is 5.59. The maximum atomic E-state index is 13.9. The van der Waals surface area contributed by atoms with E-state index in [1.54, 1.807) is 17.9 Å². The standard InChI is InChI=1S/C24H20F3N5O/c1-30-11-16(14-4-3-7-28-23(14)30)24(33)32-13-5-6-19(32)21-15(10-13)22(31(2)29-21)12-8-17(25)20(27)18(26)9-12/h3-4,7-9,11,13,19H,5-6,10H2,1-2H3/t13-,19+/m0/s1. The van der Waals surface area contributed by atoms with Gasteiger partial charge in [0.05, 0.1) is 23.0 Å². The van der Waals surface area contributed by atoms with Crippen molar-refractivity contribution in [1.82, 2.24) is 24.2 Å². The zero-order valence-electron chi connectivity index (χ0n) is 18.0. The van der Waals surface area contributed by atoms with Crippen LogP contribution in [-0.2, 0) is 20.5 Å². The number of fused-ring (bicyclic) bond motifs is 5. The number of nitrogens with zero attached hydrogens (tertiary/aromatic N) is 5. The molecule has 1 saturated heterocycles. The first-order chi connectivity index (χ1) is 15.8. The lowest BCUT2D eigenvalue weighted by Gasteiger charge is -2.34. The summed E-state index contributed by atoms with van der Waals surface area (Å²) in [7, 11) is 3.56. The number of carbonyl (C=O) groups is 1. The molecule has 1 aromatic carbocycles. The third-order valence-corrected chi connectivity index (χ3v) is 6.89. The average molecular weight is 451 g/mol.